The van der Waals surface area contributed by atoms with Crippen molar-refractivity contribution in [3.05, 3.63) is 24.3 Å². The monoisotopic (exact) mass is 225 g/mol. The molecule has 0 bridgehead atoms. The van der Waals surface area contributed by atoms with E-state index in [1.54, 1.807) is 24.3 Å². The van der Waals surface area contributed by atoms with Gasteiger partial charge in [0.1, 0.15) is 17.3 Å². The first-order chi connectivity index (χ1) is 7.09. The number of benzene rings is 1. The molecule has 1 aromatic carbocycles. The molecule has 5 N–H and O–H groups in total. The van der Waals surface area contributed by atoms with E-state index in [1.165, 1.54) is 0 Å². The molecule has 0 unspecified atom stereocenters. The van der Waals surface area contributed by atoms with E-state index in [0.29, 0.717) is 11.4 Å². The van der Waals surface area contributed by atoms with Crippen LogP contribution in [0.5, 0.6) is 5.75 Å². The van der Waals surface area contributed by atoms with E-state index < -0.39 is 6.03 Å². The lowest BCUT2D eigenvalue weighted by Gasteiger charge is -2.10. The van der Waals surface area contributed by atoms with Gasteiger partial charge in [-0.3, -0.25) is 0 Å². The lowest BCUT2D eigenvalue weighted by atomic mass is 10.3. The third-order valence-corrected chi connectivity index (χ3v) is 1.63. The van der Waals surface area contributed by atoms with Crippen molar-refractivity contribution in [1.29, 1.82) is 0 Å². The summed E-state index contributed by atoms with van der Waals surface area (Å²) in [5, 5.41) is 2.43. The van der Waals surface area contributed by atoms with Crippen molar-refractivity contribution < 1.29 is 9.53 Å². The number of urea groups is 1. The number of thiocarbonyl (C=S) groups is 1. The number of carbonyl (C=O) groups excluding carboxylic acids is 1. The van der Waals surface area contributed by atoms with E-state index in [0.717, 1.165) is 0 Å². The zero-order valence-corrected chi connectivity index (χ0v) is 8.71. The van der Waals surface area contributed by atoms with Gasteiger partial charge in [0.25, 0.3) is 0 Å². The van der Waals surface area contributed by atoms with Gasteiger partial charge in [0.15, 0.2) is 0 Å². The van der Waals surface area contributed by atoms with Crippen molar-refractivity contribution in [2.24, 2.45) is 11.5 Å². The summed E-state index contributed by atoms with van der Waals surface area (Å²) in [7, 11) is 0. The Morgan fingerprint density at radius 2 is 2.07 bits per heavy atom. The smallest absolute Gasteiger partial charge is 0.316 e. The molecule has 0 heterocycles. The maximum atomic E-state index is 10.7. The second kappa shape index (κ2) is 5.16. The fourth-order valence-corrected chi connectivity index (χ4v) is 1.04. The first-order valence-electron chi connectivity index (χ1n) is 4.16. The van der Waals surface area contributed by atoms with E-state index in [-0.39, 0.29) is 11.6 Å². The number of ether oxygens (including phenoxy) is 1. The third kappa shape index (κ3) is 3.82. The summed E-state index contributed by atoms with van der Waals surface area (Å²) in [6.07, 6.45) is 0. The summed E-state index contributed by atoms with van der Waals surface area (Å²) in [5.41, 5.74) is 10.8. The molecular formula is C9H11N3O2S. The molecule has 6 heteroatoms. The highest BCUT2D eigenvalue weighted by Gasteiger charge is 2.04. The topological polar surface area (TPSA) is 90.4 Å². The number of para-hydroxylation sites is 2. The van der Waals surface area contributed by atoms with Gasteiger partial charge < -0.3 is 21.5 Å². The third-order valence-electron chi connectivity index (χ3n) is 1.51. The maximum Gasteiger partial charge on any atom is 0.316 e. The van der Waals surface area contributed by atoms with Gasteiger partial charge in [-0.15, -0.1) is 0 Å². The van der Waals surface area contributed by atoms with E-state index in [2.05, 4.69) is 17.5 Å². The normalized spacial score (nSPS) is 9.33. The van der Waals surface area contributed by atoms with Crippen molar-refractivity contribution in [3.8, 4) is 5.75 Å². The van der Waals surface area contributed by atoms with Crippen LogP contribution in [0.1, 0.15) is 0 Å². The lowest BCUT2D eigenvalue weighted by Crippen LogP contribution is -2.21. The van der Waals surface area contributed by atoms with Gasteiger partial charge in [-0.1, -0.05) is 24.4 Å². The van der Waals surface area contributed by atoms with E-state index in [1.807, 2.05) is 0 Å². The summed E-state index contributed by atoms with van der Waals surface area (Å²) < 4.78 is 5.26. The fraction of sp³-hybridized carbons (Fsp3) is 0.111. The Labute approximate surface area is 92.4 Å². The predicted molar refractivity (Wildman–Crippen MR) is 61.9 cm³/mol. The highest BCUT2D eigenvalue weighted by molar-refractivity contribution is 7.80. The quantitative estimate of drug-likeness (QED) is 0.662. The van der Waals surface area contributed by atoms with Crippen LogP contribution >= 0.6 is 12.2 Å². The minimum atomic E-state index is -0.652. The fourth-order valence-electron chi connectivity index (χ4n) is 0.977. The molecule has 0 aliphatic carbocycles. The number of anilines is 1. The molecule has 0 atom stereocenters. The van der Waals surface area contributed by atoms with Crippen molar-refractivity contribution >= 4 is 28.9 Å². The largest absolute Gasteiger partial charge is 0.484 e. The summed E-state index contributed by atoms with van der Waals surface area (Å²) in [5.74, 6) is 0.476. The number of primary amides is 1. The lowest BCUT2D eigenvalue weighted by molar-refractivity contribution is 0.259. The molecule has 0 saturated heterocycles. The summed E-state index contributed by atoms with van der Waals surface area (Å²) in [6, 6.07) is 6.21. The molecule has 0 aromatic heterocycles. The first-order valence-corrected chi connectivity index (χ1v) is 4.57. The van der Waals surface area contributed by atoms with Crippen molar-refractivity contribution in [2.45, 2.75) is 0 Å². The maximum absolute atomic E-state index is 10.7. The molecular weight excluding hydrogens is 214 g/mol. The zero-order valence-electron chi connectivity index (χ0n) is 7.90. The number of carbonyl (C=O) groups is 1. The number of nitrogens with two attached hydrogens (primary N) is 2. The Bertz CT molecular complexity index is 381. The molecule has 0 fully saturated rings. The number of hydrogen-bond acceptors (Lipinski definition) is 3. The Morgan fingerprint density at radius 1 is 1.40 bits per heavy atom. The van der Waals surface area contributed by atoms with Crippen LogP contribution in [0, 0.1) is 0 Å². The molecule has 1 aromatic rings. The molecule has 15 heavy (non-hydrogen) atoms. The standard InChI is InChI=1S/C9H11N3O2S/c10-8(15)5-14-7-4-2-1-3-6(7)12-9(11)13/h1-4H,5H2,(H2,10,15)(H3,11,12,13). The Morgan fingerprint density at radius 3 is 2.67 bits per heavy atom. The van der Waals surface area contributed by atoms with Gasteiger partial charge in [-0.2, -0.15) is 0 Å². The summed E-state index contributed by atoms with van der Waals surface area (Å²) >= 11 is 4.67. The van der Waals surface area contributed by atoms with Crippen LogP contribution in [0.3, 0.4) is 0 Å². The van der Waals surface area contributed by atoms with Gasteiger partial charge in [-0.25, -0.2) is 4.79 Å². The van der Waals surface area contributed by atoms with Crippen molar-refractivity contribution in [3.63, 3.8) is 0 Å². The van der Waals surface area contributed by atoms with Crippen molar-refractivity contribution in [2.75, 3.05) is 11.9 Å². The Kier molecular flexibility index (Phi) is 3.87. The predicted octanol–water partition coefficient (Wildman–Crippen LogP) is 0.842. The molecule has 0 spiro atoms. The molecule has 1 rings (SSSR count). The molecule has 5 nitrogen and oxygen atoms in total. The first kappa shape index (κ1) is 11.3. The minimum Gasteiger partial charge on any atom is -0.484 e. The highest BCUT2D eigenvalue weighted by atomic mass is 32.1. The summed E-state index contributed by atoms with van der Waals surface area (Å²) in [4.78, 5) is 10.9. The van der Waals surface area contributed by atoms with Crippen LogP contribution in [-0.4, -0.2) is 17.6 Å². The second-order valence-electron chi connectivity index (χ2n) is 2.74. The van der Waals surface area contributed by atoms with E-state index >= 15 is 0 Å². The van der Waals surface area contributed by atoms with Gasteiger partial charge >= 0.3 is 6.03 Å². The number of amides is 2. The average molecular weight is 225 g/mol. The van der Waals surface area contributed by atoms with Crippen LogP contribution < -0.4 is 21.5 Å². The van der Waals surface area contributed by atoms with Gasteiger partial charge in [0, 0.05) is 0 Å². The van der Waals surface area contributed by atoms with E-state index in [4.69, 9.17) is 16.2 Å². The molecule has 0 aliphatic rings. The summed E-state index contributed by atoms with van der Waals surface area (Å²) in [6.45, 7) is 0.118. The van der Waals surface area contributed by atoms with Gasteiger partial charge in [0.2, 0.25) is 0 Å². The zero-order chi connectivity index (χ0) is 11.3. The van der Waals surface area contributed by atoms with Crippen LogP contribution in [0.25, 0.3) is 0 Å². The van der Waals surface area contributed by atoms with Crippen LogP contribution in [0.15, 0.2) is 24.3 Å². The van der Waals surface area contributed by atoms with Crippen LogP contribution in [-0.2, 0) is 0 Å². The molecule has 2 amide bonds. The number of rotatable bonds is 4. The molecule has 80 valence electrons. The highest BCUT2D eigenvalue weighted by Crippen LogP contribution is 2.23. The number of nitrogens with one attached hydrogen (secondary N) is 1. The van der Waals surface area contributed by atoms with Crippen LogP contribution in [0.2, 0.25) is 0 Å². The average Bonchev–Trinajstić information content (AvgIpc) is 2.15. The van der Waals surface area contributed by atoms with Gasteiger partial charge in [-0.05, 0) is 12.1 Å². The Hall–Kier alpha value is -1.82. The number of hydrogen-bond donors (Lipinski definition) is 3. The van der Waals surface area contributed by atoms with Crippen LogP contribution in [0.4, 0.5) is 10.5 Å². The van der Waals surface area contributed by atoms with Gasteiger partial charge in [0.05, 0.1) is 5.69 Å². The van der Waals surface area contributed by atoms with E-state index in [9.17, 15) is 4.79 Å². The Balaban J connectivity index is 2.76. The SMILES string of the molecule is NC(=O)Nc1ccccc1OCC(N)=S. The second-order valence-corrected chi connectivity index (χ2v) is 3.26. The molecule has 0 saturated carbocycles. The molecule has 0 radical (unpaired) electrons. The minimum absolute atomic E-state index is 0.118. The van der Waals surface area contributed by atoms with Crippen molar-refractivity contribution in [1.82, 2.24) is 0 Å². The molecule has 0 aliphatic heterocycles.